The molecule has 3 N–H and O–H groups in total. The summed E-state index contributed by atoms with van der Waals surface area (Å²) < 4.78 is 23.8. The summed E-state index contributed by atoms with van der Waals surface area (Å²) in [5.74, 6) is -0.141. The number of phosphoric ester groups is 1. The van der Waals surface area contributed by atoms with Gasteiger partial charge in [0, 0.05) is 6.42 Å². The molecule has 0 aromatic heterocycles. The molecule has 1 amide bonds. The Labute approximate surface area is 435 Å². The number of nitrogens with zero attached hydrogens (tertiary/aromatic N) is 1. The number of quaternary nitrogens is 1. The minimum absolute atomic E-state index is 0.0752. The Morgan fingerprint density at radius 3 is 1.26 bits per heavy atom. The Kier molecular flexibility index (Phi) is 51.2. The van der Waals surface area contributed by atoms with E-state index in [9.17, 15) is 19.4 Å². The van der Waals surface area contributed by atoms with Crippen LogP contribution < -0.4 is 5.32 Å². The van der Waals surface area contributed by atoms with Crippen molar-refractivity contribution in [3.63, 3.8) is 0 Å². The average Bonchev–Trinajstić information content (AvgIpc) is 3.32. The zero-order valence-electron chi connectivity index (χ0n) is 47.0. The van der Waals surface area contributed by atoms with Crippen molar-refractivity contribution in [1.82, 2.24) is 5.32 Å². The summed E-state index contributed by atoms with van der Waals surface area (Å²) >= 11 is 0. The highest BCUT2D eigenvalue weighted by atomic mass is 31.2. The molecule has 0 bridgehead atoms. The van der Waals surface area contributed by atoms with E-state index in [1.807, 2.05) is 21.1 Å². The predicted molar refractivity (Wildman–Crippen MR) is 304 cm³/mol. The Morgan fingerprint density at radius 1 is 0.500 bits per heavy atom. The summed E-state index contributed by atoms with van der Waals surface area (Å²) in [5.41, 5.74) is 0. The maximum Gasteiger partial charge on any atom is 0.472 e. The van der Waals surface area contributed by atoms with Gasteiger partial charge in [0.2, 0.25) is 5.91 Å². The van der Waals surface area contributed by atoms with Crippen LogP contribution in [0.5, 0.6) is 0 Å². The van der Waals surface area contributed by atoms with Gasteiger partial charge in [0.1, 0.15) is 13.2 Å². The van der Waals surface area contributed by atoms with E-state index in [4.69, 9.17) is 9.05 Å². The maximum absolute atomic E-state index is 13.0. The summed E-state index contributed by atoms with van der Waals surface area (Å²) in [7, 11) is 1.62. The zero-order chi connectivity index (χ0) is 51.3. The van der Waals surface area contributed by atoms with Gasteiger partial charge in [-0.15, -0.1) is 0 Å². The summed E-state index contributed by atoms with van der Waals surface area (Å²) in [6.45, 7) is 4.81. The molecule has 0 aliphatic heterocycles. The van der Waals surface area contributed by atoms with Gasteiger partial charge in [0.25, 0.3) is 0 Å². The third-order valence-electron chi connectivity index (χ3n) is 13.6. The first-order valence-electron chi connectivity index (χ1n) is 30.0. The average molecular weight is 1010 g/mol. The topological polar surface area (TPSA) is 105 Å². The van der Waals surface area contributed by atoms with Crippen LogP contribution in [-0.2, 0) is 18.4 Å². The van der Waals surface area contributed by atoms with Crippen molar-refractivity contribution in [3.05, 3.63) is 48.6 Å². The van der Waals surface area contributed by atoms with Gasteiger partial charge in [0.05, 0.1) is 39.9 Å². The fourth-order valence-electron chi connectivity index (χ4n) is 8.92. The number of phosphoric acid groups is 1. The third-order valence-corrected chi connectivity index (χ3v) is 14.6. The quantitative estimate of drug-likeness (QED) is 0.0243. The molecule has 0 fully saturated rings. The Balaban J connectivity index is 4.09. The second kappa shape index (κ2) is 52.3. The first-order chi connectivity index (χ1) is 34.0. The number of carbonyl (C=O) groups is 1. The molecule has 0 spiro atoms. The van der Waals surface area contributed by atoms with Crippen LogP contribution in [0, 0.1) is 0 Å². The minimum atomic E-state index is -4.32. The first-order valence-corrected chi connectivity index (χ1v) is 31.5. The van der Waals surface area contributed by atoms with Gasteiger partial charge < -0.3 is 19.8 Å². The van der Waals surface area contributed by atoms with E-state index in [2.05, 4.69) is 67.8 Å². The van der Waals surface area contributed by atoms with Crippen LogP contribution in [0.2, 0.25) is 0 Å². The normalized spacial score (nSPS) is 14.2. The van der Waals surface area contributed by atoms with E-state index >= 15 is 0 Å². The number of hydrogen-bond donors (Lipinski definition) is 3. The number of rotatable bonds is 55. The van der Waals surface area contributed by atoms with Gasteiger partial charge >= 0.3 is 7.82 Å². The SMILES string of the molecule is CC/C=C\C/C=C\C/C=C\C/C=C\CCCCCCCCCCCCCCCCCCC(=O)NC(COP(=O)(O)OCC[N+](C)(C)C)C(O)CCCCCCCCCCCCCCCCCCCCC. The Morgan fingerprint density at radius 2 is 0.857 bits per heavy atom. The molecule has 0 radical (unpaired) electrons. The molecule has 3 atom stereocenters. The van der Waals surface area contributed by atoms with Crippen LogP contribution in [0.4, 0.5) is 0 Å². The number of carbonyl (C=O) groups excluding carboxylic acids is 1. The molecular formula is C61H118N2O6P+. The summed E-state index contributed by atoms with van der Waals surface area (Å²) in [6, 6.07) is -0.761. The number of hydrogen-bond acceptors (Lipinski definition) is 5. The molecule has 0 saturated carbocycles. The molecule has 8 nitrogen and oxygen atoms in total. The maximum atomic E-state index is 13.0. The van der Waals surface area contributed by atoms with E-state index in [1.54, 1.807) is 0 Å². The van der Waals surface area contributed by atoms with E-state index in [1.165, 1.54) is 193 Å². The second-order valence-electron chi connectivity index (χ2n) is 21.7. The van der Waals surface area contributed by atoms with Crippen molar-refractivity contribution < 1.29 is 32.9 Å². The highest BCUT2D eigenvalue weighted by Gasteiger charge is 2.28. The number of likely N-dealkylation sites (N-methyl/N-ethyl adjacent to an activating group) is 1. The Bertz CT molecular complexity index is 1280. The van der Waals surface area contributed by atoms with Crippen molar-refractivity contribution in [2.45, 2.75) is 296 Å². The largest absolute Gasteiger partial charge is 0.472 e. The summed E-state index contributed by atoms with van der Waals surface area (Å²) in [6.07, 6.45) is 68.8. The second-order valence-corrected chi connectivity index (χ2v) is 23.2. The molecule has 0 aliphatic rings. The Hall–Kier alpha value is -1.54. The molecule has 3 unspecified atom stereocenters. The van der Waals surface area contributed by atoms with Gasteiger partial charge in [-0.25, -0.2) is 4.57 Å². The van der Waals surface area contributed by atoms with Crippen LogP contribution in [0.15, 0.2) is 48.6 Å². The fraction of sp³-hybridized carbons (Fsp3) is 0.852. The van der Waals surface area contributed by atoms with Gasteiger partial charge in [0.15, 0.2) is 0 Å². The third kappa shape index (κ3) is 54.2. The van der Waals surface area contributed by atoms with Crippen molar-refractivity contribution in [2.75, 3.05) is 40.9 Å². The molecule has 0 aromatic rings. The first kappa shape index (κ1) is 68.5. The van der Waals surface area contributed by atoms with Gasteiger partial charge in [-0.1, -0.05) is 274 Å². The monoisotopic (exact) mass is 1010 g/mol. The smallest absolute Gasteiger partial charge is 0.391 e. The standard InChI is InChI=1S/C61H117N2O6P/c1-6-8-10-12-14-16-18-20-22-24-26-27-28-29-30-31-32-33-34-35-37-39-41-43-45-47-49-51-53-55-61(65)62-59(58-69-70(66,67)68-57-56-63(3,4)5)60(64)54-52-50-48-46-44-42-40-38-36-25-23-21-19-17-15-13-11-9-7-2/h8,10,14,16,20,22,26-27,59-60,64H,6-7,9,11-13,15,17-19,21,23-25,28-58H2,1-5H3,(H-,62,65,66,67)/p+1/b10-8-,16-14-,22-20-,27-26-. The predicted octanol–water partition coefficient (Wildman–Crippen LogP) is 18.3. The molecule has 9 heteroatoms. The molecule has 0 heterocycles. The molecule has 70 heavy (non-hydrogen) atoms. The molecular weight excluding hydrogens is 888 g/mol. The van der Waals surface area contributed by atoms with Crippen molar-refractivity contribution in [3.8, 4) is 0 Å². The van der Waals surface area contributed by atoms with Crippen LogP contribution in [0.25, 0.3) is 0 Å². The highest BCUT2D eigenvalue weighted by Crippen LogP contribution is 2.43. The number of nitrogens with one attached hydrogen (secondary N) is 1. The number of aliphatic hydroxyl groups is 1. The van der Waals surface area contributed by atoms with E-state index in [0.717, 1.165) is 64.2 Å². The van der Waals surface area contributed by atoms with Crippen LogP contribution >= 0.6 is 7.82 Å². The van der Waals surface area contributed by atoms with Crippen LogP contribution in [-0.4, -0.2) is 73.4 Å². The minimum Gasteiger partial charge on any atom is -0.391 e. The number of aliphatic hydroxyl groups excluding tert-OH is 1. The van der Waals surface area contributed by atoms with Crippen molar-refractivity contribution >= 4 is 13.7 Å². The number of unbranched alkanes of at least 4 members (excludes halogenated alkanes) is 34. The highest BCUT2D eigenvalue weighted by molar-refractivity contribution is 7.47. The number of amides is 1. The van der Waals surface area contributed by atoms with Crippen molar-refractivity contribution in [1.29, 1.82) is 0 Å². The lowest BCUT2D eigenvalue weighted by atomic mass is 10.0. The van der Waals surface area contributed by atoms with Gasteiger partial charge in [-0.05, 0) is 51.4 Å². The number of allylic oxidation sites excluding steroid dienone is 8. The lowest BCUT2D eigenvalue weighted by Crippen LogP contribution is -2.46. The van der Waals surface area contributed by atoms with Crippen LogP contribution in [0.1, 0.15) is 284 Å². The van der Waals surface area contributed by atoms with Crippen LogP contribution in [0.3, 0.4) is 0 Å². The van der Waals surface area contributed by atoms with E-state index < -0.39 is 20.0 Å². The molecule has 0 rings (SSSR count). The van der Waals surface area contributed by atoms with Crippen molar-refractivity contribution in [2.24, 2.45) is 0 Å². The van der Waals surface area contributed by atoms with Gasteiger partial charge in [-0.2, -0.15) is 0 Å². The van der Waals surface area contributed by atoms with E-state index in [0.29, 0.717) is 23.9 Å². The molecule has 412 valence electrons. The van der Waals surface area contributed by atoms with Gasteiger partial charge in [-0.3, -0.25) is 13.8 Å². The molecule has 0 aromatic carbocycles. The molecule has 0 aliphatic carbocycles. The lowest BCUT2D eigenvalue weighted by molar-refractivity contribution is -0.870. The summed E-state index contributed by atoms with van der Waals surface area (Å²) in [4.78, 5) is 23.4. The molecule has 0 saturated heterocycles. The summed E-state index contributed by atoms with van der Waals surface area (Å²) in [5, 5.41) is 14.1. The fourth-order valence-corrected chi connectivity index (χ4v) is 9.66. The zero-order valence-corrected chi connectivity index (χ0v) is 47.9. The van der Waals surface area contributed by atoms with E-state index in [-0.39, 0.29) is 19.1 Å². The lowest BCUT2D eigenvalue weighted by Gasteiger charge is -2.26.